The van der Waals surface area contributed by atoms with Gasteiger partial charge in [-0.25, -0.2) is 4.98 Å². The van der Waals surface area contributed by atoms with Crippen LogP contribution in [-0.2, 0) is 9.59 Å². The number of amides is 3. The van der Waals surface area contributed by atoms with E-state index in [1.165, 1.54) is 7.11 Å². The van der Waals surface area contributed by atoms with Crippen LogP contribution in [0.5, 0.6) is 5.88 Å². The number of likely N-dealkylation sites (tertiary alicyclic amines) is 1. The lowest BCUT2D eigenvalue weighted by molar-refractivity contribution is -0.127. The molecule has 3 aliphatic rings. The largest absolute Gasteiger partial charge is 0.481 e. The van der Waals surface area contributed by atoms with Gasteiger partial charge in [0.1, 0.15) is 17.8 Å². The van der Waals surface area contributed by atoms with Crippen molar-refractivity contribution in [3.63, 3.8) is 0 Å². The van der Waals surface area contributed by atoms with Crippen LogP contribution in [-0.4, -0.2) is 64.9 Å². The summed E-state index contributed by atoms with van der Waals surface area (Å²) >= 11 is 0. The maximum atomic E-state index is 13.6. The standard InChI is InChI=1S/C24H28N6O4/c1-34-23-17-10-19(29-18(17)6-8-27-23)24(33)30-12-14-3-2-4-16(14)20(30)22(32)28-15(11-25)9-13-5-7-26-21(13)31/h6,8,10,13-16,20,29H,2-5,7,9,12H2,1H3,(H,26,31)(H,28,32). The Kier molecular flexibility index (Phi) is 5.86. The van der Waals surface area contributed by atoms with Crippen molar-refractivity contribution in [1.29, 1.82) is 5.26 Å². The minimum Gasteiger partial charge on any atom is -0.481 e. The quantitative estimate of drug-likeness (QED) is 0.589. The van der Waals surface area contributed by atoms with E-state index in [9.17, 15) is 19.6 Å². The highest BCUT2D eigenvalue weighted by Crippen LogP contribution is 2.43. The lowest BCUT2D eigenvalue weighted by Gasteiger charge is -2.28. The van der Waals surface area contributed by atoms with Crippen LogP contribution in [0, 0.1) is 29.1 Å². The third-order valence-corrected chi connectivity index (χ3v) is 7.51. The first kappa shape index (κ1) is 22.2. The van der Waals surface area contributed by atoms with Crippen LogP contribution in [0.2, 0.25) is 0 Å². The average Bonchev–Trinajstić information content (AvgIpc) is 3.61. The van der Waals surface area contributed by atoms with Gasteiger partial charge in [-0.3, -0.25) is 14.4 Å². The van der Waals surface area contributed by atoms with Gasteiger partial charge < -0.3 is 25.3 Å². The van der Waals surface area contributed by atoms with E-state index in [1.807, 2.05) is 0 Å². The van der Waals surface area contributed by atoms with Gasteiger partial charge in [0, 0.05) is 25.2 Å². The predicted octanol–water partition coefficient (Wildman–Crippen LogP) is 1.35. The number of pyridine rings is 1. The van der Waals surface area contributed by atoms with Crippen LogP contribution in [0.3, 0.4) is 0 Å². The number of carbonyl (C=O) groups is 3. The molecule has 5 rings (SSSR count). The molecule has 2 aromatic rings. The summed E-state index contributed by atoms with van der Waals surface area (Å²) in [5, 5.41) is 15.9. The highest BCUT2D eigenvalue weighted by molar-refractivity contribution is 6.01. The summed E-state index contributed by atoms with van der Waals surface area (Å²) in [5.41, 5.74) is 1.11. The second kappa shape index (κ2) is 8.97. The Morgan fingerprint density at radius 2 is 2.24 bits per heavy atom. The van der Waals surface area contributed by atoms with E-state index in [2.05, 4.69) is 26.7 Å². The van der Waals surface area contributed by atoms with E-state index in [1.54, 1.807) is 23.2 Å². The average molecular weight is 465 g/mol. The number of methoxy groups -OCH3 is 1. The van der Waals surface area contributed by atoms with Crippen molar-refractivity contribution in [2.24, 2.45) is 17.8 Å². The monoisotopic (exact) mass is 464 g/mol. The Bertz CT molecular complexity index is 1170. The maximum Gasteiger partial charge on any atom is 0.271 e. The lowest BCUT2D eigenvalue weighted by atomic mass is 9.92. The van der Waals surface area contributed by atoms with Gasteiger partial charge in [0.15, 0.2) is 0 Å². The molecule has 10 heteroatoms. The SMILES string of the molecule is COc1nccc2[nH]c(C(=O)N3CC4CCCC4C3C(=O)NC(C#N)CC3CCNC3=O)cc12. The Hall–Kier alpha value is -3.61. The zero-order chi connectivity index (χ0) is 23.8. The molecular formula is C24H28N6O4. The van der Waals surface area contributed by atoms with Crippen LogP contribution < -0.4 is 15.4 Å². The normalized spacial score (nSPS) is 26.7. The molecule has 3 N–H and O–H groups in total. The summed E-state index contributed by atoms with van der Waals surface area (Å²) in [4.78, 5) is 47.9. The van der Waals surface area contributed by atoms with Crippen molar-refractivity contribution >= 4 is 28.6 Å². The number of nitrogens with zero attached hydrogens (tertiary/aromatic N) is 3. The summed E-state index contributed by atoms with van der Waals surface area (Å²) in [6.45, 7) is 1.10. The van der Waals surface area contributed by atoms with Gasteiger partial charge in [-0.2, -0.15) is 5.26 Å². The fourth-order valence-electron chi connectivity index (χ4n) is 5.87. The fourth-order valence-corrected chi connectivity index (χ4v) is 5.87. The van der Waals surface area contributed by atoms with E-state index in [0.29, 0.717) is 36.5 Å². The van der Waals surface area contributed by atoms with Crippen LogP contribution in [0.25, 0.3) is 10.9 Å². The molecule has 2 saturated heterocycles. The van der Waals surface area contributed by atoms with Crippen LogP contribution in [0.1, 0.15) is 42.6 Å². The van der Waals surface area contributed by atoms with Gasteiger partial charge in [-0.15, -0.1) is 0 Å². The number of rotatable bonds is 6. The molecule has 2 aromatic heterocycles. The second-order valence-corrected chi connectivity index (χ2v) is 9.42. The third-order valence-electron chi connectivity index (χ3n) is 7.51. The van der Waals surface area contributed by atoms with Crippen LogP contribution in [0.15, 0.2) is 18.3 Å². The van der Waals surface area contributed by atoms with Crippen molar-refractivity contribution < 1.29 is 19.1 Å². The first-order valence-corrected chi connectivity index (χ1v) is 11.8. The molecule has 0 spiro atoms. The minimum absolute atomic E-state index is 0.0682. The van der Waals surface area contributed by atoms with E-state index in [0.717, 1.165) is 24.8 Å². The zero-order valence-corrected chi connectivity index (χ0v) is 19.0. The molecular weight excluding hydrogens is 436 g/mol. The number of fused-ring (bicyclic) bond motifs is 2. The molecule has 4 heterocycles. The smallest absolute Gasteiger partial charge is 0.271 e. The van der Waals surface area contributed by atoms with E-state index >= 15 is 0 Å². The molecule has 2 aliphatic heterocycles. The minimum atomic E-state index is -0.776. The number of aromatic amines is 1. The third kappa shape index (κ3) is 3.85. The molecule has 34 heavy (non-hydrogen) atoms. The molecule has 3 fully saturated rings. The lowest BCUT2D eigenvalue weighted by Crippen LogP contribution is -2.51. The molecule has 1 aliphatic carbocycles. The Labute approximate surface area is 197 Å². The number of nitrogens with one attached hydrogen (secondary N) is 3. The molecule has 3 amide bonds. The number of aromatic nitrogens is 2. The van der Waals surface area contributed by atoms with Crippen LogP contribution in [0.4, 0.5) is 0 Å². The highest BCUT2D eigenvalue weighted by Gasteiger charge is 2.50. The van der Waals surface area contributed by atoms with E-state index in [-0.39, 0.29) is 41.9 Å². The molecule has 1 saturated carbocycles. The predicted molar refractivity (Wildman–Crippen MR) is 122 cm³/mol. The topological polar surface area (TPSA) is 140 Å². The summed E-state index contributed by atoms with van der Waals surface area (Å²) in [6, 6.07) is 4.20. The highest BCUT2D eigenvalue weighted by atomic mass is 16.5. The number of ether oxygens (including phenoxy) is 1. The van der Waals surface area contributed by atoms with Gasteiger partial charge in [-0.05, 0) is 49.7 Å². The maximum absolute atomic E-state index is 13.6. The van der Waals surface area contributed by atoms with E-state index < -0.39 is 12.1 Å². The summed E-state index contributed by atoms with van der Waals surface area (Å²) in [5.74, 6) is -0.167. The number of carbonyl (C=O) groups excluding carboxylic acids is 3. The zero-order valence-electron chi connectivity index (χ0n) is 19.0. The molecule has 0 bridgehead atoms. The van der Waals surface area contributed by atoms with Crippen molar-refractivity contribution in [1.82, 2.24) is 25.5 Å². The number of H-pyrrole nitrogens is 1. The van der Waals surface area contributed by atoms with Gasteiger partial charge in [0.2, 0.25) is 17.7 Å². The van der Waals surface area contributed by atoms with Gasteiger partial charge in [0.25, 0.3) is 5.91 Å². The van der Waals surface area contributed by atoms with Crippen LogP contribution >= 0.6 is 0 Å². The summed E-state index contributed by atoms with van der Waals surface area (Å²) in [6.07, 6.45) is 5.42. The summed E-state index contributed by atoms with van der Waals surface area (Å²) in [7, 11) is 1.53. The Balaban J connectivity index is 1.37. The number of hydrogen-bond acceptors (Lipinski definition) is 6. The Morgan fingerprint density at radius 1 is 1.38 bits per heavy atom. The van der Waals surface area contributed by atoms with Crippen molar-refractivity contribution in [2.45, 2.75) is 44.2 Å². The molecule has 0 radical (unpaired) electrons. The first-order valence-electron chi connectivity index (χ1n) is 11.8. The molecule has 0 aromatic carbocycles. The summed E-state index contributed by atoms with van der Waals surface area (Å²) < 4.78 is 5.30. The van der Waals surface area contributed by atoms with Crippen molar-refractivity contribution in [2.75, 3.05) is 20.2 Å². The first-order chi connectivity index (χ1) is 16.5. The van der Waals surface area contributed by atoms with Gasteiger partial charge in [0.05, 0.1) is 24.1 Å². The van der Waals surface area contributed by atoms with Gasteiger partial charge >= 0.3 is 0 Å². The molecule has 5 unspecified atom stereocenters. The number of hydrogen-bond donors (Lipinski definition) is 3. The van der Waals surface area contributed by atoms with Crippen molar-refractivity contribution in [3.8, 4) is 11.9 Å². The van der Waals surface area contributed by atoms with E-state index in [4.69, 9.17) is 4.74 Å². The Morgan fingerprint density at radius 3 is 2.97 bits per heavy atom. The second-order valence-electron chi connectivity index (χ2n) is 9.42. The molecule has 178 valence electrons. The fraction of sp³-hybridized carbons (Fsp3) is 0.542. The molecule has 5 atom stereocenters. The van der Waals surface area contributed by atoms with Gasteiger partial charge in [-0.1, -0.05) is 6.42 Å². The number of nitriles is 1. The van der Waals surface area contributed by atoms with Crippen molar-refractivity contribution in [3.05, 3.63) is 24.0 Å². The molecule has 10 nitrogen and oxygen atoms in total.